The minimum atomic E-state index is -0.671. The second-order valence-corrected chi connectivity index (χ2v) is 8.26. The molecule has 2 aromatic rings. The molecule has 0 aliphatic carbocycles. The van der Waals surface area contributed by atoms with Crippen LogP contribution in [0.5, 0.6) is 0 Å². The van der Waals surface area contributed by atoms with Gasteiger partial charge >= 0.3 is 0 Å². The summed E-state index contributed by atoms with van der Waals surface area (Å²) >= 11 is 1.70. The number of aryl methyl sites for hydroxylation is 2. The van der Waals surface area contributed by atoms with Gasteiger partial charge in [0.15, 0.2) is 0 Å². The summed E-state index contributed by atoms with van der Waals surface area (Å²) in [5.41, 5.74) is 1.41. The first-order valence-electron chi connectivity index (χ1n) is 8.62. The maximum absolute atomic E-state index is 13.0. The van der Waals surface area contributed by atoms with E-state index >= 15 is 0 Å². The predicted octanol–water partition coefficient (Wildman–Crippen LogP) is 4.14. The van der Waals surface area contributed by atoms with Crippen molar-refractivity contribution in [2.24, 2.45) is 5.92 Å². The Kier molecular flexibility index (Phi) is 6.53. The highest BCUT2D eigenvalue weighted by molar-refractivity contribution is 7.12. The molecule has 2 N–H and O–H groups in total. The van der Waals surface area contributed by atoms with Gasteiger partial charge in [-0.1, -0.05) is 13.8 Å². The Balaban J connectivity index is 2.08. The van der Waals surface area contributed by atoms with Crippen LogP contribution in [0.15, 0.2) is 30.3 Å². The molecule has 1 heterocycles. The lowest BCUT2D eigenvalue weighted by Crippen LogP contribution is -2.50. The van der Waals surface area contributed by atoms with Crippen LogP contribution in [0, 0.1) is 25.6 Å². The van der Waals surface area contributed by atoms with E-state index < -0.39 is 17.8 Å². The van der Waals surface area contributed by atoms with E-state index in [-0.39, 0.29) is 17.9 Å². The normalized spacial score (nSPS) is 13.3. The predicted molar refractivity (Wildman–Crippen MR) is 103 cm³/mol. The first-order valence-corrected chi connectivity index (χ1v) is 9.44. The van der Waals surface area contributed by atoms with E-state index in [1.54, 1.807) is 11.3 Å². The number of rotatable bonds is 6. The zero-order chi connectivity index (χ0) is 19.4. The molecule has 0 saturated carbocycles. The van der Waals surface area contributed by atoms with Crippen LogP contribution in [0.4, 0.5) is 4.39 Å². The fourth-order valence-electron chi connectivity index (χ4n) is 2.82. The van der Waals surface area contributed by atoms with E-state index in [2.05, 4.69) is 16.7 Å². The van der Waals surface area contributed by atoms with Crippen LogP contribution in [0.2, 0.25) is 0 Å². The summed E-state index contributed by atoms with van der Waals surface area (Å²) in [7, 11) is 0. The van der Waals surface area contributed by atoms with Gasteiger partial charge in [0.1, 0.15) is 11.9 Å². The summed E-state index contributed by atoms with van der Waals surface area (Å²) < 4.78 is 13.0. The number of hydrogen-bond donors (Lipinski definition) is 2. The van der Waals surface area contributed by atoms with Crippen molar-refractivity contribution in [2.45, 2.75) is 46.7 Å². The third kappa shape index (κ3) is 4.91. The molecule has 6 heteroatoms. The van der Waals surface area contributed by atoms with Crippen LogP contribution < -0.4 is 10.6 Å². The summed E-state index contributed by atoms with van der Waals surface area (Å²) in [5.74, 6) is -1.12. The van der Waals surface area contributed by atoms with Crippen molar-refractivity contribution in [3.63, 3.8) is 0 Å². The van der Waals surface area contributed by atoms with Crippen molar-refractivity contribution in [1.29, 1.82) is 0 Å². The minimum absolute atomic E-state index is 0.0862. The molecule has 26 heavy (non-hydrogen) atoms. The second-order valence-electron chi connectivity index (χ2n) is 6.80. The third-order valence-corrected chi connectivity index (χ3v) is 5.23. The van der Waals surface area contributed by atoms with E-state index in [1.807, 2.05) is 34.6 Å². The lowest BCUT2D eigenvalue weighted by atomic mass is 10.0. The van der Waals surface area contributed by atoms with Gasteiger partial charge in [-0.25, -0.2) is 4.39 Å². The standard InChI is InChI=1S/C20H25FN2O2S/c1-11(2)18(23-19(24)15-6-8-16(21)9-7-15)20(25)22-13(4)17-10-12(3)26-14(17)5/h6-11,13,18H,1-5H3,(H,22,25)(H,23,24)/t13-,18-/m0/s1. The van der Waals surface area contributed by atoms with E-state index in [0.29, 0.717) is 5.56 Å². The van der Waals surface area contributed by atoms with Gasteiger partial charge in [0, 0.05) is 15.3 Å². The Morgan fingerprint density at radius 2 is 1.65 bits per heavy atom. The number of carbonyl (C=O) groups excluding carboxylic acids is 2. The van der Waals surface area contributed by atoms with Crippen LogP contribution in [0.25, 0.3) is 0 Å². The van der Waals surface area contributed by atoms with E-state index in [1.165, 1.54) is 34.0 Å². The first-order chi connectivity index (χ1) is 12.2. The molecule has 0 saturated heterocycles. The van der Waals surface area contributed by atoms with Gasteiger partial charge in [-0.2, -0.15) is 0 Å². The van der Waals surface area contributed by atoms with Crippen LogP contribution in [0.3, 0.4) is 0 Å². The Morgan fingerprint density at radius 1 is 1.04 bits per heavy atom. The number of carbonyl (C=O) groups is 2. The highest BCUT2D eigenvalue weighted by Crippen LogP contribution is 2.26. The van der Waals surface area contributed by atoms with Gasteiger partial charge in [-0.05, 0) is 62.6 Å². The molecule has 1 aromatic heterocycles. The van der Waals surface area contributed by atoms with Gasteiger partial charge < -0.3 is 10.6 Å². The van der Waals surface area contributed by atoms with E-state index in [4.69, 9.17) is 0 Å². The minimum Gasteiger partial charge on any atom is -0.348 e. The molecule has 1 aromatic carbocycles. The monoisotopic (exact) mass is 376 g/mol. The molecule has 0 unspecified atom stereocenters. The topological polar surface area (TPSA) is 58.2 Å². The molecule has 0 fully saturated rings. The molecule has 0 spiro atoms. The Bertz CT molecular complexity index is 784. The SMILES string of the molecule is Cc1cc([C@H](C)NC(=O)[C@@H](NC(=O)c2ccc(F)cc2)C(C)C)c(C)s1. The number of benzene rings is 1. The molecule has 2 amide bonds. The largest absolute Gasteiger partial charge is 0.348 e. The fourth-order valence-corrected chi connectivity index (χ4v) is 3.84. The number of nitrogens with one attached hydrogen (secondary N) is 2. The lowest BCUT2D eigenvalue weighted by molar-refractivity contribution is -0.124. The zero-order valence-electron chi connectivity index (χ0n) is 15.7. The van der Waals surface area contributed by atoms with Crippen molar-refractivity contribution < 1.29 is 14.0 Å². The highest BCUT2D eigenvalue weighted by atomic mass is 32.1. The highest BCUT2D eigenvalue weighted by Gasteiger charge is 2.26. The van der Waals surface area contributed by atoms with Gasteiger partial charge in [-0.15, -0.1) is 11.3 Å². The Labute approximate surface area is 157 Å². The molecule has 0 aliphatic heterocycles. The summed E-state index contributed by atoms with van der Waals surface area (Å²) in [6.45, 7) is 9.76. The second kappa shape index (κ2) is 8.45. The summed E-state index contributed by atoms with van der Waals surface area (Å²) in [6, 6.07) is 6.52. The average Bonchev–Trinajstić information content (AvgIpc) is 2.91. The zero-order valence-corrected chi connectivity index (χ0v) is 16.5. The van der Waals surface area contributed by atoms with Crippen LogP contribution >= 0.6 is 11.3 Å². The molecule has 140 valence electrons. The fraction of sp³-hybridized carbons (Fsp3) is 0.400. The maximum atomic E-state index is 13.0. The molecule has 0 aliphatic rings. The Morgan fingerprint density at radius 3 is 2.15 bits per heavy atom. The van der Waals surface area contributed by atoms with E-state index in [0.717, 1.165) is 5.56 Å². The number of thiophene rings is 1. The number of amides is 2. The summed E-state index contributed by atoms with van der Waals surface area (Å²) in [6.07, 6.45) is 0. The van der Waals surface area contributed by atoms with Crippen LogP contribution in [0.1, 0.15) is 52.5 Å². The summed E-state index contributed by atoms with van der Waals surface area (Å²) in [4.78, 5) is 27.5. The molecule has 0 bridgehead atoms. The lowest BCUT2D eigenvalue weighted by Gasteiger charge is -2.24. The molecule has 2 rings (SSSR count). The number of halogens is 1. The smallest absolute Gasteiger partial charge is 0.251 e. The number of hydrogen-bond acceptors (Lipinski definition) is 3. The van der Waals surface area contributed by atoms with Crippen molar-refractivity contribution >= 4 is 23.2 Å². The first kappa shape index (κ1) is 20.1. The molecule has 2 atom stereocenters. The Hall–Kier alpha value is -2.21. The maximum Gasteiger partial charge on any atom is 0.251 e. The quantitative estimate of drug-likeness (QED) is 0.796. The molecule has 4 nitrogen and oxygen atoms in total. The van der Waals surface area contributed by atoms with Crippen molar-refractivity contribution in [2.75, 3.05) is 0 Å². The third-order valence-electron chi connectivity index (χ3n) is 4.25. The molecular weight excluding hydrogens is 351 g/mol. The van der Waals surface area contributed by atoms with E-state index in [9.17, 15) is 14.0 Å². The van der Waals surface area contributed by atoms with Gasteiger partial charge in [0.05, 0.1) is 6.04 Å². The van der Waals surface area contributed by atoms with Crippen molar-refractivity contribution in [3.05, 3.63) is 57.0 Å². The molecule has 0 radical (unpaired) electrons. The van der Waals surface area contributed by atoms with Crippen molar-refractivity contribution in [1.82, 2.24) is 10.6 Å². The van der Waals surface area contributed by atoms with Gasteiger partial charge in [0.25, 0.3) is 5.91 Å². The van der Waals surface area contributed by atoms with Gasteiger partial charge in [0.2, 0.25) is 5.91 Å². The molecular formula is C20H25FN2O2S. The van der Waals surface area contributed by atoms with Crippen LogP contribution in [-0.4, -0.2) is 17.9 Å². The average molecular weight is 376 g/mol. The summed E-state index contributed by atoms with van der Waals surface area (Å²) in [5, 5.41) is 5.75. The van der Waals surface area contributed by atoms with Gasteiger partial charge in [-0.3, -0.25) is 9.59 Å². The van der Waals surface area contributed by atoms with Crippen LogP contribution in [-0.2, 0) is 4.79 Å². The van der Waals surface area contributed by atoms with Crippen molar-refractivity contribution in [3.8, 4) is 0 Å².